The highest BCUT2D eigenvalue weighted by molar-refractivity contribution is 5.72. The molecule has 8 heteroatoms. The first-order valence-electron chi connectivity index (χ1n) is 22.3. The number of allylic oxidation sites excluding steroid dienone is 22. The van der Waals surface area contributed by atoms with Gasteiger partial charge in [-0.1, -0.05) is 167 Å². The SMILES string of the molecule is CC/C=C/C=C/C=C/C=C/C=C/C=C/C=C/CCCCCC(=O)OCC(COCCC(C(=O)O)[N+](C)(C)C)OC(=O)CCC/C=C/C/C=C/C/C=C/C/C=C/CCCCC. The fourth-order valence-corrected chi connectivity index (χ4v) is 5.54. The summed E-state index contributed by atoms with van der Waals surface area (Å²) >= 11 is 0. The molecular weight excluding hydrogens is 751 g/mol. The van der Waals surface area contributed by atoms with Gasteiger partial charge in [-0.25, -0.2) is 4.79 Å². The lowest BCUT2D eigenvalue weighted by Crippen LogP contribution is -2.50. The first kappa shape index (κ1) is 55.5. The molecule has 0 aromatic carbocycles. The van der Waals surface area contributed by atoms with Gasteiger partial charge >= 0.3 is 17.9 Å². The average molecular weight is 831 g/mol. The maximum absolute atomic E-state index is 12.7. The molecule has 0 aliphatic heterocycles. The summed E-state index contributed by atoms with van der Waals surface area (Å²) < 4.78 is 17.2. The fraction of sp³-hybridized carbons (Fsp3) is 0.519. The Morgan fingerprint density at radius 2 is 1.02 bits per heavy atom. The number of carboxylic acids is 1. The quantitative estimate of drug-likeness (QED) is 0.0219. The number of hydrogen-bond acceptors (Lipinski definition) is 6. The number of carbonyl (C=O) groups excluding carboxylic acids is 2. The Hall–Kier alpha value is -4.53. The van der Waals surface area contributed by atoms with E-state index in [4.69, 9.17) is 14.2 Å². The first-order valence-corrected chi connectivity index (χ1v) is 22.3. The van der Waals surface area contributed by atoms with Crippen LogP contribution >= 0.6 is 0 Å². The number of nitrogens with zero attached hydrogens (tertiary/aromatic N) is 1. The molecule has 0 heterocycles. The van der Waals surface area contributed by atoms with E-state index in [-0.39, 0.29) is 49.1 Å². The van der Waals surface area contributed by atoms with Gasteiger partial charge in [-0.15, -0.1) is 0 Å². The minimum absolute atomic E-state index is 0.0134. The second-order valence-electron chi connectivity index (χ2n) is 15.4. The molecule has 8 nitrogen and oxygen atoms in total. The van der Waals surface area contributed by atoms with E-state index in [1.165, 1.54) is 25.7 Å². The number of aliphatic carboxylic acids is 1. The topological polar surface area (TPSA) is 99.1 Å². The Bertz CT molecular complexity index is 1430. The van der Waals surface area contributed by atoms with Crippen LogP contribution in [0.2, 0.25) is 0 Å². The van der Waals surface area contributed by atoms with Crippen molar-refractivity contribution in [3.05, 3.63) is 134 Å². The number of rotatable bonds is 37. The van der Waals surface area contributed by atoms with Gasteiger partial charge in [0.25, 0.3) is 0 Å². The third-order valence-electron chi connectivity index (χ3n) is 8.98. The normalized spacial score (nSPS) is 14.2. The van der Waals surface area contributed by atoms with Crippen LogP contribution in [0.1, 0.15) is 123 Å². The van der Waals surface area contributed by atoms with Gasteiger partial charge in [-0.3, -0.25) is 9.59 Å². The maximum Gasteiger partial charge on any atom is 0.362 e. The Morgan fingerprint density at radius 3 is 1.55 bits per heavy atom. The predicted molar refractivity (Wildman–Crippen MR) is 251 cm³/mol. The highest BCUT2D eigenvalue weighted by Crippen LogP contribution is 2.11. The summed E-state index contributed by atoms with van der Waals surface area (Å²) in [5.74, 6) is -1.62. The van der Waals surface area contributed by atoms with Crippen molar-refractivity contribution in [1.82, 2.24) is 0 Å². The van der Waals surface area contributed by atoms with E-state index >= 15 is 0 Å². The molecule has 1 N–H and O–H groups in total. The Kier molecular flexibility index (Phi) is 38.1. The fourth-order valence-electron chi connectivity index (χ4n) is 5.54. The molecule has 0 spiro atoms. The molecule has 0 aliphatic rings. The van der Waals surface area contributed by atoms with E-state index < -0.39 is 18.1 Å². The lowest BCUT2D eigenvalue weighted by Gasteiger charge is -2.31. The Labute approximate surface area is 364 Å². The predicted octanol–water partition coefficient (Wildman–Crippen LogP) is 12.4. The number of esters is 2. The van der Waals surface area contributed by atoms with Crippen molar-refractivity contribution in [3.8, 4) is 0 Å². The summed E-state index contributed by atoms with van der Waals surface area (Å²) in [5, 5.41) is 9.62. The Balaban J connectivity index is 4.58. The molecule has 0 aromatic rings. The van der Waals surface area contributed by atoms with Crippen LogP contribution in [0.3, 0.4) is 0 Å². The van der Waals surface area contributed by atoms with Crippen LogP contribution in [0, 0.1) is 0 Å². The summed E-state index contributed by atoms with van der Waals surface area (Å²) in [6.07, 6.45) is 59.3. The highest BCUT2D eigenvalue weighted by atomic mass is 16.6. The zero-order valence-electron chi connectivity index (χ0n) is 37.8. The smallest absolute Gasteiger partial charge is 0.362 e. The van der Waals surface area contributed by atoms with E-state index in [0.717, 1.165) is 51.4 Å². The number of quaternary nitrogens is 1. The molecule has 60 heavy (non-hydrogen) atoms. The van der Waals surface area contributed by atoms with Gasteiger partial charge in [-0.2, -0.15) is 0 Å². The van der Waals surface area contributed by atoms with E-state index in [1.54, 1.807) is 0 Å². The second kappa shape index (κ2) is 41.2. The van der Waals surface area contributed by atoms with Crippen LogP contribution in [0.4, 0.5) is 0 Å². The van der Waals surface area contributed by atoms with E-state index in [9.17, 15) is 19.5 Å². The van der Waals surface area contributed by atoms with Crippen molar-refractivity contribution >= 4 is 17.9 Å². The number of unbranched alkanes of at least 4 members (excludes halogenated alkanes) is 7. The average Bonchev–Trinajstić information content (AvgIpc) is 3.21. The van der Waals surface area contributed by atoms with Crippen molar-refractivity contribution in [2.45, 2.75) is 135 Å². The van der Waals surface area contributed by atoms with Gasteiger partial charge in [0.05, 0.1) is 34.4 Å². The number of carboxylic acid groups (broad SMARTS) is 1. The van der Waals surface area contributed by atoms with Gasteiger partial charge in [0.15, 0.2) is 12.1 Å². The number of hydrogen-bond donors (Lipinski definition) is 1. The summed E-state index contributed by atoms with van der Waals surface area (Å²) in [7, 11) is 5.47. The van der Waals surface area contributed by atoms with Crippen LogP contribution in [0.15, 0.2) is 134 Å². The van der Waals surface area contributed by atoms with E-state index in [1.807, 2.05) is 94.1 Å². The third kappa shape index (κ3) is 39.0. The molecule has 0 amide bonds. The molecule has 0 saturated heterocycles. The number of ether oxygens (including phenoxy) is 3. The van der Waals surface area contributed by atoms with Crippen molar-refractivity contribution in [1.29, 1.82) is 0 Å². The maximum atomic E-state index is 12.7. The molecule has 0 aliphatic carbocycles. The number of likely N-dealkylation sites (N-methyl/N-ethyl adjacent to an activating group) is 1. The van der Waals surface area contributed by atoms with Crippen LogP contribution in [0.25, 0.3) is 0 Å². The first-order chi connectivity index (χ1) is 29.1. The Morgan fingerprint density at radius 1 is 0.533 bits per heavy atom. The highest BCUT2D eigenvalue weighted by Gasteiger charge is 2.31. The molecule has 2 unspecified atom stereocenters. The van der Waals surface area contributed by atoms with Gasteiger partial charge in [0.1, 0.15) is 6.61 Å². The lowest BCUT2D eigenvalue weighted by atomic mass is 10.1. The van der Waals surface area contributed by atoms with Gasteiger partial charge < -0.3 is 23.8 Å². The minimum Gasteiger partial charge on any atom is -0.477 e. The zero-order chi connectivity index (χ0) is 44.2. The molecule has 2 atom stereocenters. The second-order valence-corrected chi connectivity index (χ2v) is 15.4. The van der Waals surface area contributed by atoms with Crippen molar-refractivity contribution in [2.24, 2.45) is 0 Å². The van der Waals surface area contributed by atoms with Crippen LogP contribution in [-0.2, 0) is 28.6 Å². The lowest BCUT2D eigenvalue weighted by molar-refractivity contribution is -0.887. The molecule has 334 valence electrons. The van der Waals surface area contributed by atoms with Crippen molar-refractivity contribution in [3.63, 3.8) is 0 Å². The van der Waals surface area contributed by atoms with Crippen LogP contribution in [0.5, 0.6) is 0 Å². The molecule has 0 fully saturated rings. The van der Waals surface area contributed by atoms with Crippen LogP contribution in [-0.4, -0.2) is 80.6 Å². The zero-order valence-corrected chi connectivity index (χ0v) is 37.8. The molecule has 0 bridgehead atoms. The van der Waals surface area contributed by atoms with Gasteiger partial charge in [-0.05, 0) is 70.6 Å². The largest absolute Gasteiger partial charge is 0.477 e. The molecule has 0 aromatic heterocycles. The number of carbonyl (C=O) groups is 3. The standard InChI is InChI=1S/C52H79NO7/c1-6-8-10-12-14-16-18-20-22-24-25-27-28-30-32-34-36-38-40-42-50(54)59-47-48(46-58-45-44-49(52(56)57)53(3,4)5)60-51(55)43-41-39-37-35-33-31-29-26-23-21-19-17-15-13-11-9-7-2/h8,10,12,14-18,20-25,27-32,35,37,48-49H,6-7,9,11,13,19,26,33-34,36,38-47H2,1-5H3/p+1/b10-8+,14-12+,17-15+,18-16+,22-20+,23-21+,25-24+,28-27+,31-29+,32-30+,37-35+. The minimum atomic E-state index is -0.898. The molecule has 0 radical (unpaired) electrons. The third-order valence-corrected chi connectivity index (χ3v) is 8.98. The summed E-state index contributed by atoms with van der Waals surface area (Å²) in [4.78, 5) is 37.0. The molecule has 0 saturated carbocycles. The van der Waals surface area contributed by atoms with Crippen LogP contribution < -0.4 is 0 Å². The molecular formula is C52H80NO7+. The van der Waals surface area contributed by atoms with E-state index in [0.29, 0.717) is 19.3 Å². The van der Waals surface area contributed by atoms with Gasteiger partial charge in [0.2, 0.25) is 0 Å². The van der Waals surface area contributed by atoms with Gasteiger partial charge in [0, 0.05) is 19.3 Å². The van der Waals surface area contributed by atoms with E-state index in [2.05, 4.69) is 74.6 Å². The molecule has 0 rings (SSSR count). The monoisotopic (exact) mass is 831 g/mol. The van der Waals surface area contributed by atoms with Crippen molar-refractivity contribution in [2.75, 3.05) is 41.0 Å². The summed E-state index contributed by atoms with van der Waals surface area (Å²) in [6.45, 7) is 4.41. The summed E-state index contributed by atoms with van der Waals surface area (Å²) in [5.41, 5.74) is 0. The summed E-state index contributed by atoms with van der Waals surface area (Å²) in [6, 6.07) is -0.641. The van der Waals surface area contributed by atoms with Crippen molar-refractivity contribution < 1.29 is 38.2 Å².